The lowest BCUT2D eigenvalue weighted by Crippen LogP contribution is -2.19. The Hall–Kier alpha value is -0.830. The minimum atomic E-state index is -0.234. The Balaban J connectivity index is 3.03. The molecule has 0 fully saturated rings. The number of carbonyl (C=O) groups excluding carboxylic acids is 1. The Bertz CT molecular complexity index is 127. The Labute approximate surface area is 67.7 Å². The third-order valence-corrected chi connectivity index (χ3v) is 1.20. The van der Waals surface area contributed by atoms with Gasteiger partial charge in [-0.1, -0.05) is 12.2 Å². The average Bonchev–Trinajstić information content (AvgIpc) is 1.85. The predicted molar refractivity (Wildman–Crippen MR) is 46.1 cm³/mol. The van der Waals surface area contributed by atoms with Crippen LogP contribution in [0.5, 0.6) is 0 Å². The number of carbonyl (C=O) groups is 1. The first-order chi connectivity index (χ1) is 5.13. The van der Waals surface area contributed by atoms with E-state index in [1.807, 2.05) is 6.92 Å². The van der Waals surface area contributed by atoms with Gasteiger partial charge >= 0.3 is 0 Å². The molecule has 0 atom stereocenters. The monoisotopic (exact) mass is 156 g/mol. The van der Waals surface area contributed by atoms with Gasteiger partial charge in [0.1, 0.15) is 0 Å². The molecule has 0 aromatic heterocycles. The van der Waals surface area contributed by atoms with E-state index in [1.165, 1.54) is 0 Å². The number of nitrogens with two attached hydrogens (primary N) is 1. The van der Waals surface area contributed by atoms with E-state index in [1.54, 1.807) is 0 Å². The summed E-state index contributed by atoms with van der Waals surface area (Å²) in [5.74, 6) is -0.234. The number of primary amides is 1. The van der Waals surface area contributed by atoms with Gasteiger partial charge < -0.3 is 11.1 Å². The smallest absolute Gasteiger partial charge is 0.217 e. The number of hydrogen-bond acceptors (Lipinski definition) is 2. The Morgan fingerprint density at radius 1 is 1.64 bits per heavy atom. The highest BCUT2D eigenvalue weighted by Crippen LogP contribution is 1.86. The fraction of sp³-hybridized carbons (Fsp3) is 0.625. The molecule has 11 heavy (non-hydrogen) atoms. The van der Waals surface area contributed by atoms with Crippen LogP contribution in [0.2, 0.25) is 0 Å². The molecule has 0 radical (unpaired) electrons. The molecule has 0 aliphatic heterocycles. The second kappa shape index (κ2) is 5.92. The summed E-state index contributed by atoms with van der Waals surface area (Å²) >= 11 is 0. The molecule has 0 aromatic rings. The molecular weight excluding hydrogens is 140 g/mol. The normalized spacial score (nSPS) is 9.55. The average molecular weight is 156 g/mol. The van der Waals surface area contributed by atoms with Gasteiger partial charge in [-0.2, -0.15) is 0 Å². The minimum absolute atomic E-state index is 0.234. The number of nitrogens with one attached hydrogen (secondary N) is 1. The van der Waals surface area contributed by atoms with Crippen molar-refractivity contribution in [2.45, 2.75) is 19.8 Å². The van der Waals surface area contributed by atoms with Crippen molar-refractivity contribution in [1.82, 2.24) is 5.32 Å². The zero-order valence-corrected chi connectivity index (χ0v) is 7.02. The SMILES string of the molecule is C=C(C)CNCCCC(N)=O. The van der Waals surface area contributed by atoms with Gasteiger partial charge in [0.2, 0.25) is 5.91 Å². The van der Waals surface area contributed by atoms with E-state index in [-0.39, 0.29) is 5.91 Å². The van der Waals surface area contributed by atoms with E-state index >= 15 is 0 Å². The fourth-order valence-corrected chi connectivity index (χ4v) is 0.689. The van der Waals surface area contributed by atoms with E-state index in [4.69, 9.17) is 5.73 Å². The highest BCUT2D eigenvalue weighted by Gasteiger charge is 1.92. The first-order valence-electron chi connectivity index (χ1n) is 3.76. The summed E-state index contributed by atoms with van der Waals surface area (Å²) in [7, 11) is 0. The molecule has 1 amide bonds. The van der Waals surface area contributed by atoms with Gasteiger partial charge in [0.15, 0.2) is 0 Å². The molecular formula is C8H16N2O. The van der Waals surface area contributed by atoms with E-state index < -0.39 is 0 Å². The second-order valence-corrected chi connectivity index (χ2v) is 2.70. The molecule has 3 heteroatoms. The molecule has 0 saturated carbocycles. The van der Waals surface area contributed by atoms with Crippen LogP contribution in [-0.4, -0.2) is 19.0 Å². The largest absolute Gasteiger partial charge is 0.370 e. The van der Waals surface area contributed by atoms with Crippen LogP contribution in [-0.2, 0) is 4.79 Å². The number of rotatable bonds is 6. The maximum Gasteiger partial charge on any atom is 0.217 e. The van der Waals surface area contributed by atoms with E-state index in [9.17, 15) is 4.79 Å². The molecule has 64 valence electrons. The zero-order chi connectivity index (χ0) is 8.69. The van der Waals surface area contributed by atoms with Gasteiger partial charge in [0.25, 0.3) is 0 Å². The summed E-state index contributed by atoms with van der Waals surface area (Å²) in [5, 5.41) is 3.13. The summed E-state index contributed by atoms with van der Waals surface area (Å²) in [6.07, 6.45) is 1.27. The highest BCUT2D eigenvalue weighted by molar-refractivity contribution is 5.73. The summed E-state index contributed by atoms with van der Waals surface area (Å²) in [6, 6.07) is 0. The van der Waals surface area contributed by atoms with E-state index in [0.29, 0.717) is 6.42 Å². The Morgan fingerprint density at radius 2 is 2.27 bits per heavy atom. The van der Waals surface area contributed by atoms with Crippen molar-refractivity contribution in [1.29, 1.82) is 0 Å². The molecule has 0 spiro atoms. The lowest BCUT2D eigenvalue weighted by Gasteiger charge is -2.01. The summed E-state index contributed by atoms with van der Waals surface area (Å²) in [6.45, 7) is 7.34. The summed E-state index contributed by atoms with van der Waals surface area (Å²) < 4.78 is 0. The third-order valence-electron chi connectivity index (χ3n) is 1.20. The molecule has 0 rings (SSSR count). The molecule has 0 bridgehead atoms. The maximum absolute atomic E-state index is 10.3. The maximum atomic E-state index is 10.3. The van der Waals surface area contributed by atoms with Crippen LogP contribution < -0.4 is 11.1 Å². The van der Waals surface area contributed by atoms with Crippen LogP contribution in [0.1, 0.15) is 19.8 Å². The molecule has 0 aliphatic carbocycles. The van der Waals surface area contributed by atoms with Crippen LogP contribution in [0.4, 0.5) is 0 Å². The first-order valence-corrected chi connectivity index (χ1v) is 3.76. The number of amides is 1. The zero-order valence-electron chi connectivity index (χ0n) is 7.02. The molecule has 3 N–H and O–H groups in total. The van der Waals surface area contributed by atoms with Crippen molar-refractivity contribution >= 4 is 5.91 Å². The number of hydrogen-bond donors (Lipinski definition) is 2. The molecule has 0 aliphatic rings. The predicted octanol–water partition coefficient (Wildman–Crippen LogP) is 0.418. The highest BCUT2D eigenvalue weighted by atomic mass is 16.1. The van der Waals surface area contributed by atoms with Crippen molar-refractivity contribution in [3.63, 3.8) is 0 Å². The second-order valence-electron chi connectivity index (χ2n) is 2.70. The lowest BCUT2D eigenvalue weighted by molar-refractivity contribution is -0.118. The molecule has 0 saturated heterocycles. The fourth-order valence-electron chi connectivity index (χ4n) is 0.689. The summed E-state index contributed by atoms with van der Waals surface area (Å²) in [5.41, 5.74) is 6.05. The quantitative estimate of drug-likeness (QED) is 0.432. The van der Waals surface area contributed by atoms with E-state index in [0.717, 1.165) is 25.1 Å². The van der Waals surface area contributed by atoms with Gasteiger partial charge in [-0.15, -0.1) is 0 Å². The van der Waals surface area contributed by atoms with Gasteiger partial charge in [-0.05, 0) is 19.9 Å². The first kappa shape index (κ1) is 10.2. The van der Waals surface area contributed by atoms with Crippen molar-refractivity contribution in [2.75, 3.05) is 13.1 Å². The third kappa shape index (κ3) is 9.17. The standard InChI is InChI=1S/C8H16N2O/c1-7(2)6-10-5-3-4-8(9)11/h10H,1,3-6H2,2H3,(H2,9,11). The van der Waals surface area contributed by atoms with E-state index in [2.05, 4.69) is 11.9 Å². The van der Waals surface area contributed by atoms with Crippen LogP contribution in [0.15, 0.2) is 12.2 Å². The molecule has 0 heterocycles. The van der Waals surface area contributed by atoms with Crippen molar-refractivity contribution in [3.05, 3.63) is 12.2 Å². The topological polar surface area (TPSA) is 55.1 Å². The Morgan fingerprint density at radius 3 is 2.73 bits per heavy atom. The van der Waals surface area contributed by atoms with Gasteiger partial charge in [-0.3, -0.25) is 4.79 Å². The molecule has 0 aromatic carbocycles. The van der Waals surface area contributed by atoms with Crippen LogP contribution in [0, 0.1) is 0 Å². The Kier molecular flexibility index (Phi) is 5.47. The van der Waals surface area contributed by atoms with Crippen molar-refractivity contribution in [3.8, 4) is 0 Å². The van der Waals surface area contributed by atoms with Gasteiger partial charge in [-0.25, -0.2) is 0 Å². The lowest BCUT2D eigenvalue weighted by atomic mass is 10.3. The summed E-state index contributed by atoms with van der Waals surface area (Å²) in [4.78, 5) is 10.3. The van der Waals surface area contributed by atoms with Crippen molar-refractivity contribution < 1.29 is 4.79 Å². The van der Waals surface area contributed by atoms with Crippen LogP contribution in [0.25, 0.3) is 0 Å². The van der Waals surface area contributed by atoms with Gasteiger partial charge in [0, 0.05) is 13.0 Å². The van der Waals surface area contributed by atoms with Crippen LogP contribution >= 0.6 is 0 Å². The van der Waals surface area contributed by atoms with Crippen LogP contribution in [0.3, 0.4) is 0 Å². The minimum Gasteiger partial charge on any atom is -0.370 e. The van der Waals surface area contributed by atoms with Crippen molar-refractivity contribution in [2.24, 2.45) is 5.73 Å². The molecule has 0 unspecified atom stereocenters. The van der Waals surface area contributed by atoms with Gasteiger partial charge in [0.05, 0.1) is 0 Å². The molecule has 3 nitrogen and oxygen atoms in total.